The van der Waals surface area contributed by atoms with E-state index in [9.17, 15) is 4.57 Å². The SMILES string of the molecule is COP(=O)(O)O.[H-].[Na+].[V]. The summed E-state index contributed by atoms with van der Waals surface area (Å²) in [6, 6.07) is 0. The summed E-state index contributed by atoms with van der Waals surface area (Å²) in [6.45, 7) is 0. The van der Waals surface area contributed by atoms with Gasteiger partial charge in [0.05, 0.1) is 0 Å². The van der Waals surface area contributed by atoms with Gasteiger partial charge in [0.2, 0.25) is 0 Å². The van der Waals surface area contributed by atoms with Crippen molar-refractivity contribution >= 4 is 7.82 Å². The maximum Gasteiger partial charge on any atom is 1.00 e. The van der Waals surface area contributed by atoms with Crippen molar-refractivity contribution < 1.29 is 68.4 Å². The van der Waals surface area contributed by atoms with E-state index in [1.165, 1.54) is 0 Å². The first-order valence-electron chi connectivity index (χ1n) is 1.17. The zero-order chi connectivity index (χ0) is 5.21. The number of phosphoric ester groups is 1. The van der Waals surface area contributed by atoms with Crippen molar-refractivity contribution in [3.05, 3.63) is 0 Å². The maximum atomic E-state index is 9.47. The van der Waals surface area contributed by atoms with E-state index >= 15 is 0 Å². The van der Waals surface area contributed by atoms with Gasteiger partial charge in [0.15, 0.2) is 0 Å². The summed E-state index contributed by atoms with van der Waals surface area (Å²) in [5.74, 6) is 0. The van der Waals surface area contributed by atoms with E-state index in [1.807, 2.05) is 0 Å². The van der Waals surface area contributed by atoms with Crippen LogP contribution in [0, 0.1) is 0 Å². The van der Waals surface area contributed by atoms with E-state index in [0.29, 0.717) is 0 Å². The molecule has 0 saturated heterocycles. The van der Waals surface area contributed by atoms with E-state index in [1.54, 1.807) is 0 Å². The second-order valence-electron chi connectivity index (χ2n) is 0.673. The molecule has 0 heterocycles. The van der Waals surface area contributed by atoms with E-state index < -0.39 is 7.82 Å². The summed E-state index contributed by atoms with van der Waals surface area (Å²) in [5.41, 5.74) is 0. The fraction of sp³-hybridized carbons (Fsp3) is 1.00. The molecule has 0 amide bonds. The van der Waals surface area contributed by atoms with Crippen LogP contribution in [-0.4, -0.2) is 16.9 Å². The first kappa shape index (κ1) is 16.4. The third-order valence-corrected chi connectivity index (χ3v) is 0.714. The Morgan fingerprint density at radius 3 is 1.75 bits per heavy atom. The fourth-order valence-electron chi connectivity index (χ4n) is 0. The Bertz CT molecular complexity index is 84.6. The van der Waals surface area contributed by atoms with Crippen molar-refractivity contribution in [1.29, 1.82) is 0 Å². The van der Waals surface area contributed by atoms with Gasteiger partial charge in [-0.05, 0) is 0 Å². The number of phosphoric acid groups is 1. The molecular weight excluding hydrogens is 181 g/mol. The van der Waals surface area contributed by atoms with Crippen molar-refractivity contribution in [3.63, 3.8) is 0 Å². The number of hydrogen-bond donors (Lipinski definition) is 2. The minimum absolute atomic E-state index is 0. The van der Waals surface area contributed by atoms with Crippen LogP contribution >= 0.6 is 7.82 Å². The molecule has 0 spiro atoms. The van der Waals surface area contributed by atoms with Crippen LogP contribution < -0.4 is 29.6 Å². The first-order valence-corrected chi connectivity index (χ1v) is 2.70. The van der Waals surface area contributed by atoms with Crippen molar-refractivity contribution in [1.82, 2.24) is 0 Å². The molecular formula is CH6NaO4PV. The third kappa shape index (κ3) is 15.6. The second kappa shape index (κ2) is 6.81. The molecule has 0 aromatic heterocycles. The Balaban J connectivity index is -0.0000000417. The molecule has 0 atom stereocenters. The Morgan fingerprint density at radius 1 is 1.62 bits per heavy atom. The molecule has 4 nitrogen and oxygen atoms in total. The van der Waals surface area contributed by atoms with Crippen LogP contribution in [0.15, 0.2) is 0 Å². The second-order valence-corrected chi connectivity index (χ2v) is 2.02. The normalized spacial score (nSPS) is 8.88. The summed E-state index contributed by atoms with van der Waals surface area (Å²) >= 11 is 0. The van der Waals surface area contributed by atoms with Crippen molar-refractivity contribution in [2.45, 2.75) is 0 Å². The van der Waals surface area contributed by atoms with Crippen LogP contribution in [0.1, 0.15) is 1.43 Å². The molecule has 0 rings (SSSR count). The summed E-state index contributed by atoms with van der Waals surface area (Å²) in [4.78, 5) is 15.4. The Morgan fingerprint density at radius 2 is 1.75 bits per heavy atom. The van der Waals surface area contributed by atoms with E-state index in [-0.39, 0.29) is 49.5 Å². The molecule has 45 valence electrons. The van der Waals surface area contributed by atoms with Crippen LogP contribution in [-0.2, 0) is 27.6 Å². The van der Waals surface area contributed by atoms with Gasteiger partial charge in [0, 0.05) is 25.7 Å². The Hall–Kier alpha value is 1.69. The van der Waals surface area contributed by atoms with E-state index in [0.717, 1.165) is 7.11 Å². The summed E-state index contributed by atoms with van der Waals surface area (Å²) < 4.78 is 13.1. The van der Waals surface area contributed by atoms with Gasteiger partial charge < -0.3 is 11.2 Å². The molecule has 2 N–H and O–H groups in total. The topological polar surface area (TPSA) is 66.8 Å². The molecule has 0 aliphatic heterocycles. The minimum atomic E-state index is -4.15. The zero-order valence-corrected chi connectivity index (χ0v) is 8.90. The molecule has 0 aromatic carbocycles. The van der Waals surface area contributed by atoms with Crippen molar-refractivity contribution in [2.24, 2.45) is 0 Å². The van der Waals surface area contributed by atoms with Crippen molar-refractivity contribution in [3.8, 4) is 0 Å². The molecule has 8 heavy (non-hydrogen) atoms. The molecule has 0 saturated carbocycles. The van der Waals surface area contributed by atoms with Gasteiger partial charge >= 0.3 is 37.4 Å². The van der Waals surface area contributed by atoms with Crippen LogP contribution in [0.3, 0.4) is 0 Å². The van der Waals surface area contributed by atoms with Gasteiger partial charge in [-0.15, -0.1) is 0 Å². The molecule has 0 bridgehead atoms. The first-order chi connectivity index (χ1) is 2.56. The maximum absolute atomic E-state index is 9.47. The van der Waals surface area contributed by atoms with Crippen LogP contribution in [0.4, 0.5) is 0 Å². The van der Waals surface area contributed by atoms with Crippen LogP contribution in [0.5, 0.6) is 0 Å². The molecule has 1 radical (unpaired) electrons. The zero-order valence-electron chi connectivity index (χ0n) is 5.61. The van der Waals surface area contributed by atoms with Gasteiger partial charge in [-0.3, -0.25) is 4.52 Å². The van der Waals surface area contributed by atoms with E-state index in [4.69, 9.17) is 9.79 Å². The van der Waals surface area contributed by atoms with Gasteiger partial charge in [0.1, 0.15) is 0 Å². The van der Waals surface area contributed by atoms with Crippen LogP contribution in [0.2, 0.25) is 0 Å². The molecule has 0 unspecified atom stereocenters. The fourth-order valence-corrected chi connectivity index (χ4v) is 0. The standard InChI is InChI=1S/CH5O4P.Na.V.H/c1-5-6(2,3)4;;;/h1H3,(H2,2,3,4);;;/q;+1;;-1. The average Bonchev–Trinajstić information content (AvgIpc) is 1.35. The number of rotatable bonds is 1. The van der Waals surface area contributed by atoms with Crippen LogP contribution in [0.25, 0.3) is 0 Å². The summed E-state index contributed by atoms with van der Waals surface area (Å²) in [6.07, 6.45) is 0. The Kier molecular flexibility index (Phi) is 13.9. The molecule has 7 heteroatoms. The molecule has 0 aliphatic carbocycles. The number of hydrogen-bond acceptors (Lipinski definition) is 2. The van der Waals surface area contributed by atoms with Crippen molar-refractivity contribution in [2.75, 3.05) is 7.11 Å². The monoisotopic (exact) mass is 187 g/mol. The van der Waals surface area contributed by atoms with Gasteiger partial charge in [0.25, 0.3) is 0 Å². The summed E-state index contributed by atoms with van der Waals surface area (Å²) in [7, 11) is -3.20. The van der Waals surface area contributed by atoms with Gasteiger partial charge in [-0.1, -0.05) is 0 Å². The average molecular weight is 187 g/mol. The predicted octanol–water partition coefficient (Wildman–Crippen LogP) is -3.16. The van der Waals surface area contributed by atoms with Gasteiger partial charge in [-0.2, -0.15) is 0 Å². The minimum Gasteiger partial charge on any atom is -1.00 e. The largest absolute Gasteiger partial charge is 1.00 e. The Labute approximate surface area is 82.9 Å². The quantitative estimate of drug-likeness (QED) is 0.336. The molecule has 0 aliphatic rings. The summed E-state index contributed by atoms with van der Waals surface area (Å²) in [5, 5.41) is 0. The smallest absolute Gasteiger partial charge is 1.00 e. The molecule has 0 fully saturated rings. The van der Waals surface area contributed by atoms with Gasteiger partial charge in [-0.25, -0.2) is 4.57 Å². The third-order valence-electron chi connectivity index (χ3n) is 0.238. The van der Waals surface area contributed by atoms with E-state index in [2.05, 4.69) is 4.52 Å². The molecule has 0 aromatic rings. The predicted molar refractivity (Wildman–Crippen MR) is 20.2 cm³/mol.